The third-order valence-corrected chi connectivity index (χ3v) is 4.12. The summed E-state index contributed by atoms with van der Waals surface area (Å²) in [5.74, 6) is 0.790. The van der Waals surface area contributed by atoms with Gasteiger partial charge in [-0.3, -0.25) is 0 Å². The van der Waals surface area contributed by atoms with E-state index in [2.05, 4.69) is 37.9 Å². The Morgan fingerprint density at radius 2 is 1.81 bits per heavy atom. The minimum atomic E-state index is 0.532. The zero-order chi connectivity index (χ0) is 12.0. The van der Waals surface area contributed by atoms with Crippen molar-refractivity contribution in [2.24, 2.45) is 11.3 Å². The van der Waals surface area contributed by atoms with Gasteiger partial charge >= 0.3 is 0 Å². The zero-order valence-corrected chi connectivity index (χ0v) is 11.7. The molecule has 0 aromatic rings. The summed E-state index contributed by atoms with van der Waals surface area (Å²) in [5.41, 5.74) is 0.532. The van der Waals surface area contributed by atoms with Crippen LogP contribution in [-0.4, -0.2) is 37.6 Å². The maximum atomic E-state index is 3.56. The fourth-order valence-electron chi connectivity index (χ4n) is 2.92. The molecule has 1 N–H and O–H groups in total. The van der Waals surface area contributed by atoms with Crippen molar-refractivity contribution in [1.82, 2.24) is 10.2 Å². The van der Waals surface area contributed by atoms with Crippen molar-refractivity contribution >= 4 is 0 Å². The Hall–Kier alpha value is -0.0800. The Labute approximate surface area is 102 Å². The van der Waals surface area contributed by atoms with Crippen LogP contribution in [0.5, 0.6) is 0 Å². The Balaban J connectivity index is 2.57. The summed E-state index contributed by atoms with van der Waals surface area (Å²) in [7, 11) is 0. The molecule has 0 aliphatic carbocycles. The van der Waals surface area contributed by atoms with Gasteiger partial charge in [-0.25, -0.2) is 0 Å². The fourth-order valence-corrected chi connectivity index (χ4v) is 2.92. The maximum absolute atomic E-state index is 3.56. The summed E-state index contributed by atoms with van der Waals surface area (Å²) in [4.78, 5) is 2.67. The summed E-state index contributed by atoms with van der Waals surface area (Å²) < 4.78 is 0. The van der Waals surface area contributed by atoms with Gasteiger partial charge in [-0.2, -0.15) is 0 Å². The monoisotopic (exact) mass is 226 g/mol. The molecule has 16 heavy (non-hydrogen) atoms. The molecule has 0 aromatic heterocycles. The van der Waals surface area contributed by atoms with Gasteiger partial charge in [0.2, 0.25) is 0 Å². The van der Waals surface area contributed by atoms with E-state index in [1.165, 1.54) is 52.0 Å². The van der Waals surface area contributed by atoms with Crippen LogP contribution in [0.15, 0.2) is 0 Å². The standard InChI is InChI=1S/C14H30N2/c1-5-9-16(10-6-2)12-14(13(3)4)7-8-15-11-14/h13,15H,5-12H2,1-4H3. The topological polar surface area (TPSA) is 15.3 Å². The molecule has 2 nitrogen and oxygen atoms in total. The highest BCUT2D eigenvalue weighted by Gasteiger charge is 2.37. The van der Waals surface area contributed by atoms with Crippen LogP contribution in [0.3, 0.4) is 0 Å². The predicted molar refractivity (Wildman–Crippen MR) is 71.8 cm³/mol. The molecule has 1 aliphatic rings. The molecular weight excluding hydrogens is 196 g/mol. The Morgan fingerprint density at radius 3 is 2.19 bits per heavy atom. The van der Waals surface area contributed by atoms with Crippen LogP contribution in [0.25, 0.3) is 0 Å². The lowest BCUT2D eigenvalue weighted by atomic mass is 9.76. The van der Waals surface area contributed by atoms with Crippen LogP contribution in [0.2, 0.25) is 0 Å². The Kier molecular flexibility index (Phi) is 5.77. The first kappa shape index (κ1) is 14.0. The second-order valence-corrected chi connectivity index (χ2v) is 5.72. The van der Waals surface area contributed by atoms with E-state index < -0.39 is 0 Å². The van der Waals surface area contributed by atoms with Crippen molar-refractivity contribution in [2.75, 3.05) is 32.7 Å². The fraction of sp³-hybridized carbons (Fsp3) is 1.00. The average molecular weight is 226 g/mol. The minimum absolute atomic E-state index is 0.532. The minimum Gasteiger partial charge on any atom is -0.316 e. The quantitative estimate of drug-likeness (QED) is 0.718. The SMILES string of the molecule is CCCN(CCC)CC1(C(C)C)CCNC1. The van der Waals surface area contributed by atoms with Crippen molar-refractivity contribution in [1.29, 1.82) is 0 Å². The molecule has 0 radical (unpaired) electrons. The molecule has 1 aliphatic heterocycles. The largest absolute Gasteiger partial charge is 0.316 e. The van der Waals surface area contributed by atoms with Gasteiger partial charge in [0.1, 0.15) is 0 Å². The van der Waals surface area contributed by atoms with Gasteiger partial charge in [0.05, 0.1) is 0 Å². The van der Waals surface area contributed by atoms with Crippen molar-refractivity contribution in [3.8, 4) is 0 Å². The van der Waals surface area contributed by atoms with E-state index in [1.54, 1.807) is 0 Å². The third kappa shape index (κ3) is 3.46. The number of rotatable bonds is 7. The summed E-state index contributed by atoms with van der Waals surface area (Å²) in [6, 6.07) is 0. The van der Waals surface area contributed by atoms with Gasteiger partial charge in [0, 0.05) is 13.1 Å². The molecule has 2 heteroatoms. The van der Waals surface area contributed by atoms with E-state index in [9.17, 15) is 0 Å². The van der Waals surface area contributed by atoms with Crippen LogP contribution in [0.1, 0.15) is 47.0 Å². The average Bonchev–Trinajstić information content (AvgIpc) is 2.68. The van der Waals surface area contributed by atoms with Crippen LogP contribution in [0, 0.1) is 11.3 Å². The van der Waals surface area contributed by atoms with E-state index in [4.69, 9.17) is 0 Å². The molecular formula is C14H30N2. The van der Waals surface area contributed by atoms with E-state index in [0.717, 1.165) is 5.92 Å². The van der Waals surface area contributed by atoms with Crippen molar-refractivity contribution in [3.05, 3.63) is 0 Å². The van der Waals surface area contributed by atoms with Crippen LogP contribution >= 0.6 is 0 Å². The highest BCUT2D eigenvalue weighted by atomic mass is 15.1. The third-order valence-electron chi connectivity index (χ3n) is 4.12. The molecule has 1 heterocycles. The molecule has 1 atom stereocenters. The molecule has 0 amide bonds. The summed E-state index contributed by atoms with van der Waals surface area (Å²) in [6.07, 6.45) is 3.91. The lowest BCUT2D eigenvalue weighted by Crippen LogP contribution is -2.43. The highest BCUT2D eigenvalue weighted by Crippen LogP contribution is 2.35. The van der Waals surface area contributed by atoms with Crippen molar-refractivity contribution in [2.45, 2.75) is 47.0 Å². The molecule has 96 valence electrons. The maximum Gasteiger partial charge on any atom is 0.00531 e. The van der Waals surface area contributed by atoms with Crippen LogP contribution in [-0.2, 0) is 0 Å². The molecule has 1 fully saturated rings. The van der Waals surface area contributed by atoms with Gasteiger partial charge in [-0.15, -0.1) is 0 Å². The van der Waals surface area contributed by atoms with Gasteiger partial charge in [-0.05, 0) is 50.2 Å². The highest BCUT2D eigenvalue weighted by molar-refractivity contribution is 4.92. The number of hydrogen-bond donors (Lipinski definition) is 1. The smallest absolute Gasteiger partial charge is 0.00531 e. The number of hydrogen-bond acceptors (Lipinski definition) is 2. The van der Waals surface area contributed by atoms with Gasteiger partial charge in [0.15, 0.2) is 0 Å². The normalized spacial score (nSPS) is 25.9. The van der Waals surface area contributed by atoms with Gasteiger partial charge < -0.3 is 10.2 Å². The van der Waals surface area contributed by atoms with E-state index in [0.29, 0.717) is 5.41 Å². The Bertz CT molecular complexity index is 177. The van der Waals surface area contributed by atoms with Crippen molar-refractivity contribution in [3.63, 3.8) is 0 Å². The molecule has 1 saturated heterocycles. The lowest BCUT2D eigenvalue weighted by molar-refractivity contribution is 0.117. The van der Waals surface area contributed by atoms with Gasteiger partial charge in [-0.1, -0.05) is 27.7 Å². The first-order valence-electron chi connectivity index (χ1n) is 7.07. The molecule has 0 aromatic carbocycles. The van der Waals surface area contributed by atoms with E-state index in [1.807, 2.05) is 0 Å². The molecule has 1 rings (SSSR count). The lowest BCUT2D eigenvalue weighted by Gasteiger charge is -2.38. The van der Waals surface area contributed by atoms with Crippen LogP contribution < -0.4 is 5.32 Å². The summed E-state index contributed by atoms with van der Waals surface area (Å²) in [6.45, 7) is 15.6. The first-order valence-corrected chi connectivity index (χ1v) is 7.07. The zero-order valence-electron chi connectivity index (χ0n) is 11.7. The summed E-state index contributed by atoms with van der Waals surface area (Å²) >= 11 is 0. The van der Waals surface area contributed by atoms with E-state index >= 15 is 0 Å². The summed E-state index contributed by atoms with van der Waals surface area (Å²) in [5, 5.41) is 3.56. The van der Waals surface area contributed by atoms with Crippen molar-refractivity contribution < 1.29 is 0 Å². The molecule has 0 bridgehead atoms. The predicted octanol–water partition coefficient (Wildman–Crippen LogP) is 2.74. The first-order chi connectivity index (χ1) is 7.64. The van der Waals surface area contributed by atoms with Crippen LogP contribution in [0.4, 0.5) is 0 Å². The molecule has 0 saturated carbocycles. The molecule has 1 unspecified atom stereocenters. The van der Waals surface area contributed by atoms with E-state index in [-0.39, 0.29) is 0 Å². The second kappa shape index (κ2) is 6.61. The second-order valence-electron chi connectivity index (χ2n) is 5.72. The number of nitrogens with one attached hydrogen (secondary N) is 1. The molecule has 0 spiro atoms. The Morgan fingerprint density at radius 1 is 1.19 bits per heavy atom. The van der Waals surface area contributed by atoms with Gasteiger partial charge in [0.25, 0.3) is 0 Å². The number of nitrogens with zero attached hydrogens (tertiary/aromatic N) is 1.